The molecule has 1 aromatic rings. The van der Waals surface area contributed by atoms with E-state index < -0.39 is 6.10 Å². The fraction of sp³-hybridized carbons (Fsp3) is 0.462. The highest BCUT2D eigenvalue weighted by Crippen LogP contribution is 2.17. The lowest BCUT2D eigenvalue weighted by atomic mass is 10.0. The summed E-state index contributed by atoms with van der Waals surface area (Å²) >= 11 is 0. The molecule has 1 saturated heterocycles. The molecule has 3 N–H and O–H groups in total. The minimum absolute atomic E-state index is 0.205. The number of aliphatic hydroxyl groups excluding tert-OH is 1. The van der Waals surface area contributed by atoms with Crippen molar-refractivity contribution < 1.29 is 14.6 Å². The van der Waals surface area contributed by atoms with Crippen LogP contribution >= 0.6 is 0 Å². The van der Waals surface area contributed by atoms with Crippen molar-refractivity contribution in [2.45, 2.75) is 18.6 Å². The molecule has 2 rings (SSSR count). The molecule has 0 saturated carbocycles. The van der Waals surface area contributed by atoms with E-state index in [9.17, 15) is 9.90 Å². The molecule has 5 heteroatoms. The number of benzene rings is 1. The molecule has 1 aromatic carbocycles. The fourth-order valence-electron chi connectivity index (χ4n) is 2.09. The minimum Gasteiger partial charge on any atom is -0.496 e. The number of amides is 1. The van der Waals surface area contributed by atoms with Crippen molar-refractivity contribution in [1.29, 1.82) is 0 Å². The summed E-state index contributed by atoms with van der Waals surface area (Å²) in [4.78, 5) is 12.1. The first-order valence-corrected chi connectivity index (χ1v) is 6.05. The highest BCUT2D eigenvalue weighted by Gasteiger charge is 2.25. The number of rotatable bonds is 3. The summed E-state index contributed by atoms with van der Waals surface area (Å²) in [6, 6.07) is 6.85. The lowest BCUT2D eigenvalue weighted by Gasteiger charge is -2.29. The Kier molecular flexibility index (Phi) is 4.17. The average Bonchev–Trinajstić information content (AvgIpc) is 2.41. The van der Waals surface area contributed by atoms with Crippen molar-refractivity contribution in [3.05, 3.63) is 29.8 Å². The van der Waals surface area contributed by atoms with Crippen molar-refractivity contribution in [1.82, 2.24) is 10.6 Å². The smallest absolute Gasteiger partial charge is 0.255 e. The van der Waals surface area contributed by atoms with Gasteiger partial charge in [0.15, 0.2) is 0 Å². The molecule has 1 aliphatic rings. The molecule has 0 aliphatic carbocycles. The number of ether oxygens (including phenoxy) is 1. The standard InChI is InChI=1S/C13H18N2O3/c1-18-12-5-3-2-4-9(12)13(17)15-10-6-7-14-8-11(10)16/h2-5,10-11,14,16H,6-8H2,1H3,(H,15,17). The van der Waals surface area contributed by atoms with Crippen LogP contribution < -0.4 is 15.4 Å². The van der Waals surface area contributed by atoms with Gasteiger partial charge in [0.25, 0.3) is 5.91 Å². The average molecular weight is 250 g/mol. The zero-order chi connectivity index (χ0) is 13.0. The first kappa shape index (κ1) is 12.9. The van der Waals surface area contributed by atoms with Gasteiger partial charge in [-0.2, -0.15) is 0 Å². The summed E-state index contributed by atoms with van der Waals surface area (Å²) in [6.45, 7) is 1.31. The molecule has 0 aromatic heterocycles. The normalized spacial score (nSPS) is 23.4. The maximum absolute atomic E-state index is 12.1. The van der Waals surface area contributed by atoms with E-state index in [0.29, 0.717) is 17.9 Å². The Hall–Kier alpha value is -1.59. The van der Waals surface area contributed by atoms with E-state index in [1.165, 1.54) is 7.11 Å². The van der Waals surface area contributed by atoms with E-state index in [4.69, 9.17) is 4.74 Å². The maximum atomic E-state index is 12.1. The van der Waals surface area contributed by atoms with Gasteiger partial charge < -0.3 is 20.5 Å². The summed E-state index contributed by atoms with van der Waals surface area (Å²) in [6.07, 6.45) is 0.180. The van der Waals surface area contributed by atoms with E-state index in [1.54, 1.807) is 18.2 Å². The quantitative estimate of drug-likeness (QED) is 0.714. The Balaban J connectivity index is 2.07. The number of piperidine rings is 1. The van der Waals surface area contributed by atoms with E-state index in [1.807, 2.05) is 6.07 Å². The zero-order valence-electron chi connectivity index (χ0n) is 10.3. The third-order valence-electron chi connectivity index (χ3n) is 3.12. The predicted molar refractivity (Wildman–Crippen MR) is 67.7 cm³/mol. The Bertz CT molecular complexity index is 422. The van der Waals surface area contributed by atoms with Gasteiger partial charge in [0, 0.05) is 6.54 Å². The Labute approximate surface area is 106 Å². The predicted octanol–water partition coefficient (Wildman–Crippen LogP) is 0.148. The SMILES string of the molecule is COc1ccccc1C(=O)NC1CCNCC1O. The summed E-state index contributed by atoms with van der Waals surface area (Å²) in [7, 11) is 1.53. The Morgan fingerprint density at radius 1 is 1.50 bits per heavy atom. The molecular formula is C13H18N2O3. The highest BCUT2D eigenvalue weighted by atomic mass is 16.5. The second-order valence-corrected chi connectivity index (χ2v) is 4.34. The topological polar surface area (TPSA) is 70.6 Å². The van der Waals surface area contributed by atoms with Crippen molar-refractivity contribution >= 4 is 5.91 Å². The van der Waals surface area contributed by atoms with Gasteiger partial charge in [0.2, 0.25) is 0 Å². The van der Waals surface area contributed by atoms with Crippen LogP contribution in [0.4, 0.5) is 0 Å². The third-order valence-corrected chi connectivity index (χ3v) is 3.12. The molecule has 98 valence electrons. The van der Waals surface area contributed by atoms with Gasteiger partial charge in [0.05, 0.1) is 24.8 Å². The number of β-amino-alcohol motifs (C(OH)–C–C–N with tert-alkyl or cyclic N) is 1. The molecule has 5 nitrogen and oxygen atoms in total. The number of aliphatic hydroxyl groups is 1. The molecule has 1 fully saturated rings. The first-order chi connectivity index (χ1) is 8.72. The fourth-order valence-corrected chi connectivity index (χ4v) is 2.09. The van der Waals surface area contributed by atoms with Crippen molar-refractivity contribution in [2.24, 2.45) is 0 Å². The minimum atomic E-state index is -0.544. The van der Waals surface area contributed by atoms with Crippen molar-refractivity contribution in [2.75, 3.05) is 20.2 Å². The molecule has 2 atom stereocenters. The molecule has 2 unspecified atom stereocenters. The van der Waals surface area contributed by atoms with E-state index in [0.717, 1.165) is 13.0 Å². The number of nitrogens with one attached hydrogen (secondary N) is 2. The van der Waals surface area contributed by atoms with E-state index >= 15 is 0 Å². The van der Waals surface area contributed by atoms with Crippen LogP contribution in [0.3, 0.4) is 0 Å². The number of hydrogen-bond acceptors (Lipinski definition) is 4. The van der Waals surface area contributed by atoms with Gasteiger partial charge in [-0.3, -0.25) is 4.79 Å². The summed E-state index contributed by atoms with van der Waals surface area (Å²) in [5, 5.41) is 15.7. The van der Waals surface area contributed by atoms with Gasteiger partial charge in [-0.25, -0.2) is 0 Å². The van der Waals surface area contributed by atoms with Crippen LogP contribution in [0.5, 0.6) is 5.75 Å². The van der Waals surface area contributed by atoms with Crippen molar-refractivity contribution in [3.8, 4) is 5.75 Å². The van der Waals surface area contributed by atoms with E-state index in [2.05, 4.69) is 10.6 Å². The number of para-hydroxylation sites is 1. The summed E-state index contributed by atoms with van der Waals surface area (Å²) in [5.74, 6) is 0.330. The number of carbonyl (C=O) groups is 1. The maximum Gasteiger partial charge on any atom is 0.255 e. The van der Waals surface area contributed by atoms with Crippen LogP contribution in [0.2, 0.25) is 0 Å². The second-order valence-electron chi connectivity index (χ2n) is 4.34. The molecule has 1 aliphatic heterocycles. The second kappa shape index (κ2) is 5.84. The van der Waals surface area contributed by atoms with Crippen LogP contribution in [-0.4, -0.2) is 43.4 Å². The Morgan fingerprint density at radius 3 is 3.00 bits per heavy atom. The molecule has 1 heterocycles. The monoisotopic (exact) mass is 250 g/mol. The summed E-state index contributed by atoms with van der Waals surface area (Å²) < 4.78 is 5.15. The first-order valence-electron chi connectivity index (χ1n) is 6.05. The van der Waals surface area contributed by atoms with Crippen LogP contribution in [0, 0.1) is 0 Å². The summed E-state index contributed by atoms with van der Waals surface area (Å²) in [5.41, 5.74) is 0.491. The van der Waals surface area contributed by atoms with Crippen molar-refractivity contribution in [3.63, 3.8) is 0 Å². The number of carbonyl (C=O) groups excluding carboxylic acids is 1. The molecule has 1 amide bonds. The van der Waals surface area contributed by atoms with Gasteiger partial charge >= 0.3 is 0 Å². The molecule has 18 heavy (non-hydrogen) atoms. The number of methoxy groups -OCH3 is 1. The van der Waals surface area contributed by atoms with Gasteiger partial charge in [-0.1, -0.05) is 12.1 Å². The largest absolute Gasteiger partial charge is 0.496 e. The lowest BCUT2D eigenvalue weighted by molar-refractivity contribution is 0.0763. The lowest BCUT2D eigenvalue weighted by Crippen LogP contribution is -2.52. The zero-order valence-corrected chi connectivity index (χ0v) is 10.3. The molecular weight excluding hydrogens is 232 g/mol. The Morgan fingerprint density at radius 2 is 2.28 bits per heavy atom. The van der Waals surface area contributed by atoms with Crippen LogP contribution in [0.1, 0.15) is 16.8 Å². The highest BCUT2D eigenvalue weighted by molar-refractivity contribution is 5.97. The molecule has 0 radical (unpaired) electrons. The number of hydrogen-bond donors (Lipinski definition) is 3. The molecule has 0 bridgehead atoms. The van der Waals surface area contributed by atoms with Crippen LogP contribution in [-0.2, 0) is 0 Å². The molecule has 0 spiro atoms. The van der Waals surface area contributed by atoms with Gasteiger partial charge in [0.1, 0.15) is 5.75 Å². The van der Waals surface area contributed by atoms with Crippen LogP contribution in [0.15, 0.2) is 24.3 Å². The van der Waals surface area contributed by atoms with Gasteiger partial charge in [-0.15, -0.1) is 0 Å². The third kappa shape index (κ3) is 2.80. The van der Waals surface area contributed by atoms with Gasteiger partial charge in [-0.05, 0) is 25.1 Å². The van der Waals surface area contributed by atoms with Crippen LogP contribution in [0.25, 0.3) is 0 Å². The van der Waals surface area contributed by atoms with E-state index in [-0.39, 0.29) is 11.9 Å².